The number of para-hydroxylation sites is 1. The van der Waals surface area contributed by atoms with Gasteiger partial charge in [-0.2, -0.15) is 0 Å². The van der Waals surface area contributed by atoms with Crippen LogP contribution >= 0.6 is 0 Å². The Morgan fingerprint density at radius 1 is 0.357 bits per heavy atom. The van der Waals surface area contributed by atoms with E-state index < -0.39 is 118 Å². The van der Waals surface area contributed by atoms with Gasteiger partial charge in [0.1, 0.15) is 22.3 Å². The first kappa shape index (κ1) is 20.2. The number of nitrogens with zero attached hydrogens (tertiary/aromatic N) is 3. The summed E-state index contributed by atoms with van der Waals surface area (Å²) in [6.07, 6.45) is 0. The fourth-order valence-electron chi connectivity index (χ4n) is 6.74. The number of aromatic nitrogens is 3. The zero-order chi connectivity index (χ0) is 50.1. The molecule has 0 aliphatic carbocycles. The lowest BCUT2D eigenvalue weighted by molar-refractivity contribution is 0.668. The van der Waals surface area contributed by atoms with Crippen LogP contribution in [0.2, 0.25) is 0 Å². The SMILES string of the molecule is [2H]c1c([2H])c([2H])c(-c2c([2H])c([2H])c(-c3c([2H])c([2H])c([2H])c4oc5c([2H])c(-c6nc(-c7ccc(-c8ccccc8)cc7)nc(-c7ccc8oc9ccccc9c8c7)n6)c([2H])c([2H])c5c34)c([2H])c2[2H])c([2H])c1[2H]. The van der Waals surface area contributed by atoms with Crippen molar-refractivity contribution in [3.05, 3.63) is 188 Å². The fraction of sp³-hybridized carbons (Fsp3) is 0. The van der Waals surface area contributed by atoms with Crippen molar-refractivity contribution in [1.29, 1.82) is 0 Å². The molecule has 8 aromatic carbocycles. The summed E-state index contributed by atoms with van der Waals surface area (Å²) in [5, 5.41) is 1.02. The number of furan rings is 2. The Hall–Kier alpha value is -7.63. The Morgan fingerprint density at radius 2 is 0.964 bits per heavy atom. The number of hydrogen-bond donors (Lipinski definition) is 0. The van der Waals surface area contributed by atoms with Crippen LogP contribution in [0.3, 0.4) is 0 Å². The van der Waals surface area contributed by atoms with Gasteiger partial charge in [0.25, 0.3) is 0 Å². The van der Waals surface area contributed by atoms with Crippen LogP contribution in [0.25, 0.3) is 111 Å². The molecule has 0 amide bonds. The maximum absolute atomic E-state index is 9.64. The van der Waals surface area contributed by atoms with E-state index in [1.165, 1.54) is 0 Å². The van der Waals surface area contributed by atoms with Crippen LogP contribution < -0.4 is 0 Å². The third-order valence-electron chi connectivity index (χ3n) is 9.44. The standard InChI is InChI=1S/C51H31N3O2/c1-3-10-32(11-4-1)34-18-22-36(23-19-34)40-15-9-17-46-48(40)42-28-26-39(31-47(42)56-46)51-53-49(37-24-20-35(21-25-37)33-12-5-2-6-13-33)52-50(54-51)38-27-29-45-43(30-38)41-14-7-8-16-44(41)55-45/h1-31H/i1D,3D,4D,9D,10D,11D,15D,17D,18D,19D,22D,23D,26D,28D,31D. The number of benzene rings is 8. The van der Waals surface area contributed by atoms with Crippen molar-refractivity contribution >= 4 is 43.9 Å². The minimum Gasteiger partial charge on any atom is -0.456 e. The molecule has 0 atom stereocenters. The third kappa shape index (κ3) is 5.53. The molecule has 0 aliphatic heterocycles. The van der Waals surface area contributed by atoms with Gasteiger partial charge in [-0.1, -0.05) is 145 Å². The molecule has 0 saturated carbocycles. The number of rotatable bonds is 6. The molecule has 0 unspecified atom stereocenters. The molecule has 0 aliphatic rings. The molecule has 5 nitrogen and oxygen atoms in total. The lowest BCUT2D eigenvalue weighted by Crippen LogP contribution is -2.00. The molecule has 262 valence electrons. The Bertz CT molecular complexity index is 4060. The van der Waals surface area contributed by atoms with Crippen LogP contribution in [0.4, 0.5) is 0 Å². The van der Waals surface area contributed by atoms with E-state index in [2.05, 4.69) is 0 Å². The topological polar surface area (TPSA) is 65.0 Å². The monoisotopic (exact) mass is 732 g/mol. The van der Waals surface area contributed by atoms with E-state index in [0.29, 0.717) is 22.3 Å². The summed E-state index contributed by atoms with van der Waals surface area (Å²) in [6.45, 7) is 0. The van der Waals surface area contributed by atoms with Gasteiger partial charge >= 0.3 is 0 Å². The first-order chi connectivity index (χ1) is 34.0. The van der Waals surface area contributed by atoms with Crippen LogP contribution in [0.5, 0.6) is 0 Å². The summed E-state index contributed by atoms with van der Waals surface area (Å²) in [5.41, 5.74) is 0.938. The molecule has 0 fully saturated rings. The summed E-state index contributed by atoms with van der Waals surface area (Å²) < 4.78 is 146. The van der Waals surface area contributed by atoms with Gasteiger partial charge < -0.3 is 8.83 Å². The van der Waals surface area contributed by atoms with Crippen molar-refractivity contribution in [3.63, 3.8) is 0 Å². The summed E-state index contributed by atoms with van der Waals surface area (Å²) >= 11 is 0. The van der Waals surface area contributed by atoms with E-state index in [1.807, 2.05) is 84.9 Å². The molecular weight excluding hydrogens is 687 g/mol. The molecule has 56 heavy (non-hydrogen) atoms. The van der Waals surface area contributed by atoms with E-state index in [9.17, 15) is 6.85 Å². The van der Waals surface area contributed by atoms with Gasteiger partial charge in [0.05, 0.1) is 20.6 Å². The predicted octanol–water partition coefficient (Wildman–Crippen LogP) is 13.7. The largest absolute Gasteiger partial charge is 0.456 e. The number of fused-ring (bicyclic) bond motifs is 6. The molecule has 3 heterocycles. The Balaban J connectivity index is 1.15. The predicted molar refractivity (Wildman–Crippen MR) is 227 cm³/mol. The smallest absolute Gasteiger partial charge is 0.164 e. The Labute approximate surface area is 343 Å². The highest BCUT2D eigenvalue weighted by atomic mass is 16.3. The molecule has 0 N–H and O–H groups in total. The highest BCUT2D eigenvalue weighted by molar-refractivity contribution is 6.13. The molecule has 5 heteroatoms. The molecule has 0 spiro atoms. The summed E-state index contributed by atoms with van der Waals surface area (Å²) in [4.78, 5) is 14.5. The van der Waals surface area contributed by atoms with Gasteiger partial charge in [-0.3, -0.25) is 0 Å². The minimum absolute atomic E-state index is 0.156. The zero-order valence-electron chi connectivity index (χ0n) is 43.9. The summed E-state index contributed by atoms with van der Waals surface area (Å²) in [5.74, 6) is 0.139. The lowest BCUT2D eigenvalue weighted by atomic mass is 9.96. The van der Waals surface area contributed by atoms with E-state index in [-0.39, 0.29) is 39.4 Å². The Morgan fingerprint density at radius 3 is 1.79 bits per heavy atom. The van der Waals surface area contributed by atoms with Crippen LogP contribution in [-0.2, 0) is 0 Å². The molecule has 3 aromatic heterocycles. The second-order valence-electron chi connectivity index (χ2n) is 12.8. The van der Waals surface area contributed by atoms with E-state index in [4.69, 9.17) is 37.5 Å². The number of hydrogen-bond acceptors (Lipinski definition) is 5. The van der Waals surface area contributed by atoms with Crippen molar-refractivity contribution < 1.29 is 29.4 Å². The molecule has 11 rings (SSSR count). The van der Waals surface area contributed by atoms with Gasteiger partial charge in [-0.05, 0) is 75.8 Å². The normalized spacial score (nSPS) is 15.3. The van der Waals surface area contributed by atoms with Crippen LogP contribution in [0, 0.1) is 0 Å². The Kier molecular flexibility index (Phi) is 4.70. The highest BCUT2D eigenvalue weighted by Crippen LogP contribution is 2.39. The van der Waals surface area contributed by atoms with Crippen molar-refractivity contribution in [3.8, 4) is 67.5 Å². The third-order valence-corrected chi connectivity index (χ3v) is 9.44. The van der Waals surface area contributed by atoms with Crippen molar-refractivity contribution in [1.82, 2.24) is 15.0 Å². The summed E-state index contributed by atoms with van der Waals surface area (Å²) in [6, 6.07) is 19.1. The van der Waals surface area contributed by atoms with Crippen molar-refractivity contribution in [2.24, 2.45) is 0 Å². The average molecular weight is 733 g/mol. The van der Waals surface area contributed by atoms with Crippen LogP contribution in [0.15, 0.2) is 197 Å². The molecule has 0 saturated heterocycles. The first-order valence-electron chi connectivity index (χ1n) is 25.0. The van der Waals surface area contributed by atoms with Gasteiger partial charge in [0, 0.05) is 38.2 Å². The summed E-state index contributed by atoms with van der Waals surface area (Å²) in [7, 11) is 0. The quantitative estimate of drug-likeness (QED) is 0.170. The zero-order valence-corrected chi connectivity index (χ0v) is 28.9. The molecule has 0 radical (unpaired) electrons. The van der Waals surface area contributed by atoms with Gasteiger partial charge in [0.2, 0.25) is 0 Å². The average Bonchev–Trinajstić information content (AvgIpc) is 3.97. The van der Waals surface area contributed by atoms with Crippen LogP contribution in [0.1, 0.15) is 20.6 Å². The van der Waals surface area contributed by atoms with Gasteiger partial charge in [-0.15, -0.1) is 0 Å². The molecular formula is C51H31N3O2. The second kappa shape index (κ2) is 13.0. The van der Waals surface area contributed by atoms with Crippen LogP contribution in [-0.4, -0.2) is 15.0 Å². The van der Waals surface area contributed by atoms with Gasteiger partial charge in [0.15, 0.2) is 17.5 Å². The van der Waals surface area contributed by atoms with E-state index in [0.717, 1.165) is 21.9 Å². The first-order valence-corrected chi connectivity index (χ1v) is 17.5. The fourth-order valence-corrected chi connectivity index (χ4v) is 6.74. The van der Waals surface area contributed by atoms with Crippen molar-refractivity contribution in [2.75, 3.05) is 0 Å². The van der Waals surface area contributed by atoms with Crippen molar-refractivity contribution in [2.45, 2.75) is 0 Å². The minimum atomic E-state index is -0.839. The maximum Gasteiger partial charge on any atom is 0.164 e. The van der Waals surface area contributed by atoms with E-state index >= 15 is 0 Å². The maximum atomic E-state index is 9.64. The molecule has 11 aromatic rings. The van der Waals surface area contributed by atoms with Gasteiger partial charge in [-0.25, -0.2) is 15.0 Å². The highest BCUT2D eigenvalue weighted by Gasteiger charge is 2.18. The lowest BCUT2D eigenvalue weighted by Gasteiger charge is -2.09. The second-order valence-corrected chi connectivity index (χ2v) is 12.8. The van der Waals surface area contributed by atoms with E-state index in [1.54, 1.807) is 12.1 Å². The molecule has 0 bridgehead atoms.